The maximum atomic E-state index is 13.5. The van der Waals surface area contributed by atoms with Gasteiger partial charge in [-0.1, -0.05) is 42.5 Å². The van der Waals surface area contributed by atoms with Crippen molar-refractivity contribution >= 4 is 27.5 Å². The molecule has 4 rings (SSSR count). The highest BCUT2D eigenvalue weighted by Crippen LogP contribution is 2.23. The van der Waals surface area contributed by atoms with E-state index in [1.807, 2.05) is 36.4 Å². The molecule has 29 heavy (non-hydrogen) atoms. The van der Waals surface area contributed by atoms with E-state index in [9.17, 15) is 12.8 Å². The number of rotatable bonds is 5. The van der Waals surface area contributed by atoms with E-state index in [1.165, 1.54) is 12.1 Å². The summed E-state index contributed by atoms with van der Waals surface area (Å²) in [4.78, 5) is 4.59. The Hall–Kier alpha value is -3.25. The first-order chi connectivity index (χ1) is 14.0. The average molecular weight is 406 g/mol. The number of nitrogens with zero attached hydrogens (tertiary/aromatic N) is 1. The van der Waals surface area contributed by atoms with E-state index in [1.54, 1.807) is 30.3 Å². The molecule has 3 aromatic carbocycles. The molecule has 0 unspecified atom stereocenters. The van der Waals surface area contributed by atoms with E-state index >= 15 is 0 Å². The molecule has 4 nitrogen and oxygen atoms in total. The van der Waals surface area contributed by atoms with Gasteiger partial charge in [0.15, 0.2) is 0 Å². The molecule has 0 atom stereocenters. The highest BCUT2D eigenvalue weighted by Gasteiger charge is 2.17. The van der Waals surface area contributed by atoms with Crippen LogP contribution in [0.1, 0.15) is 22.3 Å². The number of fused-ring (bicyclic) bond motifs is 1. The lowest BCUT2D eigenvalue weighted by Gasteiger charge is -2.18. The van der Waals surface area contributed by atoms with Gasteiger partial charge in [0.2, 0.25) is 0 Å². The van der Waals surface area contributed by atoms with Gasteiger partial charge in [-0.3, -0.25) is 9.71 Å². The van der Waals surface area contributed by atoms with Crippen molar-refractivity contribution < 1.29 is 12.8 Å². The Kier molecular flexibility index (Phi) is 5.27. The first kappa shape index (κ1) is 19.1. The van der Waals surface area contributed by atoms with Gasteiger partial charge in [0, 0.05) is 23.4 Å². The number of nitrogens with one attached hydrogen (secondary N) is 1. The van der Waals surface area contributed by atoms with Crippen LogP contribution in [-0.2, 0) is 16.4 Å². The van der Waals surface area contributed by atoms with Crippen molar-refractivity contribution in [1.82, 2.24) is 0 Å². The molecule has 0 spiro atoms. The molecular formula is C23H19FN2O2S. The number of hydrogen-bond acceptors (Lipinski definition) is 3. The predicted molar refractivity (Wildman–Crippen MR) is 115 cm³/mol. The maximum Gasteiger partial charge on any atom is 0.255 e. The molecule has 0 aliphatic carbocycles. The van der Waals surface area contributed by atoms with E-state index in [0.717, 1.165) is 33.4 Å². The van der Waals surface area contributed by atoms with Crippen molar-refractivity contribution in [1.29, 1.82) is 0 Å². The number of benzene rings is 3. The van der Waals surface area contributed by atoms with Crippen molar-refractivity contribution in [3.63, 3.8) is 0 Å². The minimum atomic E-state index is -3.67. The van der Waals surface area contributed by atoms with Crippen molar-refractivity contribution in [3.8, 4) is 0 Å². The molecule has 1 N–H and O–H groups in total. The Morgan fingerprint density at radius 3 is 2.62 bits per heavy atom. The lowest BCUT2D eigenvalue weighted by Crippen LogP contribution is -2.15. The fourth-order valence-electron chi connectivity index (χ4n) is 3.28. The summed E-state index contributed by atoms with van der Waals surface area (Å²) in [5.41, 5.74) is 4.55. The van der Waals surface area contributed by atoms with Crippen LogP contribution < -0.4 is 4.72 Å². The SMILES string of the molecule is O=S(=O)(/C=C/c1ccccc1)Nc1cccc(C2=NCCc3cc(F)ccc32)c1. The summed E-state index contributed by atoms with van der Waals surface area (Å²) in [6, 6.07) is 21.0. The van der Waals surface area contributed by atoms with Gasteiger partial charge in [-0.2, -0.15) is 0 Å². The van der Waals surface area contributed by atoms with Gasteiger partial charge in [-0.15, -0.1) is 0 Å². The summed E-state index contributed by atoms with van der Waals surface area (Å²) < 4.78 is 41.0. The summed E-state index contributed by atoms with van der Waals surface area (Å²) in [5.74, 6) is -0.267. The molecule has 0 saturated carbocycles. The second kappa shape index (κ2) is 8.01. The van der Waals surface area contributed by atoms with Crippen LogP contribution in [0.15, 0.2) is 83.2 Å². The third kappa shape index (κ3) is 4.60. The van der Waals surface area contributed by atoms with Crippen LogP contribution in [0.4, 0.5) is 10.1 Å². The summed E-state index contributed by atoms with van der Waals surface area (Å²) >= 11 is 0. The van der Waals surface area contributed by atoms with Crippen LogP contribution in [0.5, 0.6) is 0 Å². The lowest BCUT2D eigenvalue weighted by molar-refractivity contribution is 0.609. The van der Waals surface area contributed by atoms with Crippen molar-refractivity contribution in [2.45, 2.75) is 6.42 Å². The summed E-state index contributed by atoms with van der Waals surface area (Å²) in [7, 11) is -3.67. The third-order valence-electron chi connectivity index (χ3n) is 4.61. The van der Waals surface area contributed by atoms with Crippen LogP contribution in [-0.4, -0.2) is 20.7 Å². The van der Waals surface area contributed by atoms with Crippen molar-refractivity contribution in [3.05, 3.63) is 106 Å². The molecule has 1 aliphatic rings. The zero-order valence-electron chi connectivity index (χ0n) is 15.5. The number of sulfonamides is 1. The normalized spacial score (nSPS) is 13.8. The van der Waals surface area contributed by atoms with Crippen LogP contribution in [0, 0.1) is 5.82 Å². The van der Waals surface area contributed by atoms with E-state index in [0.29, 0.717) is 18.7 Å². The van der Waals surface area contributed by atoms with E-state index in [4.69, 9.17) is 0 Å². The topological polar surface area (TPSA) is 58.5 Å². The fraction of sp³-hybridized carbons (Fsp3) is 0.0870. The third-order valence-corrected chi connectivity index (χ3v) is 5.62. The second-order valence-corrected chi connectivity index (χ2v) is 8.29. The quantitative estimate of drug-likeness (QED) is 0.672. The monoisotopic (exact) mass is 406 g/mol. The minimum Gasteiger partial charge on any atom is -0.284 e. The average Bonchev–Trinajstić information content (AvgIpc) is 2.72. The number of halogens is 1. The van der Waals surface area contributed by atoms with Gasteiger partial charge in [-0.05, 0) is 54.0 Å². The zero-order chi connectivity index (χ0) is 20.3. The number of anilines is 1. The maximum absolute atomic E-state index is 13.5. The Morgan fingerprint density at radius 2 is 1.79 bits per heavy atom. The second-order valence-electron chi connectivity index (χ2n) is 6.72. The van der Waals surface area contributed by atoms with Gasteiger partial charge in [0.1, 0.15) is 5.82 Å². The first-order valence-electron chi connectivity index (χ1n) is 9.20. The summed E-state index contributed by atoms with van der Waals surface area (Å²) in [5, 5.41) is 1.14. The van der Waals surface area contributed by atoms with Gasteiger partial charge >= 0.3 is 0 Å². The Labute approximate surface area is 169 Å². The van der Waals surface area contributed by atoms with Crippen LogP contribution in [0.3, 0.4) is 0 Å². The minimum absolute atomic E-state index is 0.267. The highest BCUT2D eigenvalue weighted by molar-refractivity contribution is 7.95. The predicted octanol–water partition coefficient (Wildman–Crippen LogP) is 4.63. The highest BCUT2D eigenvalue weighted by atomic mass is 32.2. The van der Waals surface area contributed by atoms with Gasteiger partial charge < -0.3 is 0 Å². The molecule has 6 heteroatoms. The van der Waals surface area contributed by atoms with Crippen LogP contribution in [0.25, 0.3) is 6.08 Å². The molecule has 1 aliphatic heterocycles. The van der Waals surface area contributed by atoms with E-state index in [-0.39, 0.29) is 5.82 Å². The van der Waals surface area contributed by atoms with E-state index < -0.39 is 10.0 Å². The summed E-state index contributed by atoms with van der Waals surface area (Å²) in [6.07, 6.45) is 2.23. The molecule has 0 amide bonds. The van der Waals surface area contributed by atoms with Gasteiger partial charge in [0.05, 0.1) is 11.1 Å². The smallest absolute Gasteiger partial charge is 0.255 e. The molecule has 0 fully saturated rings. The Balaban J connectivity index is 1.58. The molecule has 1 heterocycles. The van der Waals surface area contributed by atoms with Crippen LogP contribution >= 0.6 is 0 Å². The molecular weight excluding hydrogens is 387 g/mol. The fourth-order valence-corrected chi connectivity index (χ4v) is 4.14. The Morgan fingerprint density at radius 1 is 0.966 bits per heavy atom. The molecule has 0 saturated heterocycles. The van der Waals surface area contributed by atoms with Crippen molar-refractivity contribution in [2.24, 2.45) is 4.99 Å². The zero-order valence-corrected chi connectivity index (χ0v) is 16.4. The standard InChI is InChI=1S/C23H19FN2O2S/c24-20-9-10-22-18(15-20)11-13-25-23(22)19-7-4-8-21(16-19)26-29(27,28)14-12-17-5-2-1-3-6-17/h1-10,12,14-16,26H,11,13H2/b14-12+. The first-order valence-corrected chi connectivity index (χ1v) is 10.7. The molecule has 0 aromatic heterocycles. The molecule has 0 radical (unpaired) electrons. The van der Waals surface area contributed by atoms with E-state index in [2.05, 4.69) is 9.71 Å². The lowest BCUT2D eigenvalue weighted by atomic mass is 9.93. The molecule has 146 valence electrons. The number of hydrogen-bond donors (Lipinski definition) is 1. The van der Waals surface area contributed by atoms with Crippen molar-refractivity contribution in [2.75, 3.05) is 11.3 Å². The Bertz CT molecular complexity index is 1200. The summed E-state index contributed by atoms with van der Waals surface area (Å²) in [6.45, 7) is 0.571. The van der Waals surface area contributed by atoms with Gasteiger partial charge in [0.25, 0.3) is 10.0 Å². The number of aliphatic imine (C=N–C) groups is 1. The molecule has 3 aromatic rings. The molecule has 0 bridgehead atoms. The van der Waals surface area contributed by atoms with Gasteiger partial charge in [-0.25, -0.2) is 12.8 Å². The largest absolute Gasteiger partial charge is 0.284 e. The van der Waals surface area contributed by atoms with Crippen LogP contribution in [0.2, 0.25) is 0 Å².